The van der Waals surface area contributed by atoms with Crippen LogP contribution in [0.15, 0.2) is 47.4 Å². The molecular formula is C22H28N2O5S. The number of rotatable bonds is 6. The van der Waals surface area contributed by atoms with Gasteiger partial charge < -0.3 is 9.64 Å². The molecule has 0 saturated heterocycles. The lowest BCUT2D eigenvalue weighted by atomic mass is 10.0. The molecule has 2 aromatic carbocycles. The van der Waals surface area contributed by atoms with Crippen LogP contribution in [-0.2, 0) is 26.1 Å². The highest BCUT2D eigenvalue weighted by Gasteiger charge is 2.27. The summed E-state index contributed by atoms with van der Waals surface area (Å²) in [5.41, 5.74) is 1.55. The number of esters is 1. The number of nitrogens with two attached hydrogens (primary N) is 1. The standard InChI is InChI=1S/C22H28N2O5S/c1-15-11-18(12-19(16(15)2)30(23,27)28)21(26)29-14-20(25)24(22(3,4)5)13-17-9-7-6-8-10-17/h6-12H,13-14H2,1-5H3,(H2,23,27,28). The molecule has 0 aliphatic heterocycles. The average Bonchev–Trinajstić information content (AvgIpc) is 2.65. The van der Waals surface area contributed by atoms with Gasteiger partial charge in [0.1, 0.15) is 0 Å². The molecule has 1 amide bonds. The zero-order valence-corrected chi connectivity index (χ0v) is 18.7. The second-order valence-corrected chi connectivity index (χ2v) is 9.70. The molecule has 0 aliphatic carbocycles. The lowest BCUT2D eigenvalue weighted by Crippen LogP contribution is -2.46. The quantitative estimate of drug-likeness (QED) is 0.706. The van der Waals surface area contributed by atoms with Crippen LogP contribution in [0.5, 0.6) is 0 Å². The first-order valence-corrected chi connectivity index (χ1v) is 11.0. The molecule has 0 fully saturated rings. The van der Waals surface area contributed by atoms with E-state index in [0.717, 1.165) is 5.56 Å². The van der Waals surface area contributed by atoms with Crippen molar-refractivity contribution in [3.05, 3.63) is 64.7 Å². The number of aryl methyl sites for hydroxylation is 1. The molecule has 0 saturated carbocycles. The number of sulfonamides is 1. The Morgan fingerprint density at radius 1 is 1.07 bits per heavy atom. The normalized spacial score (nSPS) is 11.8. The molecular weight excluding hydrogens is 404 g/mol. The van der Waals surface area contributed by atoms with Gasteiger partial charge in [-0.2, -0.15) is 0 Å². The second-order valence-electron chi connectivity index (χ2n) is 8.17. The van der Waals surface area contributed by atoms with E-state index >= 15 is 0 Å². The van der Waals surface area contributed by atoms with Crippen molar-refractivity contribution in [3.63, 3.8) is 0 Å². The maximum absolute atomic E-state index is 12.8. The minimum atomic E-state index is -3.99. The van der Waals surface area contributed by atoms with E-state index in [1.807, 2.05) is 51.1 Å². The van der Waals surface area contributed by atoms with Gasteiger partial charge in [0, 0.05) is 12.1 Å². The molecule has 0 spiro atoms. The number of carbonyl (C=O) groups excluding carboxylic acids is 2. The minimum Gasteiger partial charge on any atom is -0.452 e. The Morgan fingerprint density at radius 3 is 2.20 bits per heavy atom. The summed E-state index contributed by atoms with van der Waals surface area (Å²) in [4.78, 5) is 26.8. The highest BCUT2D eigenvalue weighted by molar-refractivity contribution is 7.89. The summed E-state index contributed by atoms with van der Waals surface area (Å²) in [6, 6.07) is 12.2. The number of carbonyl (C=O) groups is 2. The molecule has 0 heterocycles. The SMILES string of the molecule is Cc1cc(C(=O)OCC(=O)N(Cc2ccccc2)C(C)(C)C)cc(S(N)(=O)=O)c1C. The lowest BCUT2D eigenvalue weighted by Gasteiger charge is -2.35. The number of hydrogen-bond acceptors (Lipinski definition) is 5. The number of primary sulfonamides is 1. The van der Waals surface area contributed by atoms with Gasteiger partial charge in [-0.05, 0) is 63.4 Å². The molecule has 30 heavy (non-hydrogen) atoms. The maximum Gasteiger partial charge on any atom is 0.338 e. The van der Waals surface area contributed by atoms with E-state index in [-0.39, 0.29) is 16.4 Å². The Bertz CT molecular complexity index is 1040. The molecule has 7 nitrogen and oxygen atoms in total. The molecule has 2 rings (SSSR count). The van der Waals surface area contributed by atoms with Gasteiger partial charge in [0.15, 0.2) is 6.61 Å². The zero-order chi connectivity index (χ0) is 22.7. The predicted molar refractivity (Wildman–Crippen MR) is 114 cm³/mol. The van der Waals surface area contributed by atoms with Crippen LogP contribution in [0, 0.1) is 13.8 Å². The van der Waals surface area contributed by atoms with Crippen LogP contribution < -0.4 is 5.14 Å². The minimum absolute atomic E-state index is 0.0280. The smallest absolute Gasteiger partial charge is 0.338 e. The molecule has 8 heteroatoms. The van der Waals surface area contributed by atoms with Crippen molar-refractivity contribution < 1.29 is 22.7 Å². The van der Waals surface area contributed by atoms with Gasteiger partial charge in [-0.25, -0.2) is 18.4 Å². The van der Waals surface area contributed by atoms with Gasteiger partial charge in [0.2, 0.25) is 10.0 Å². The van der Waals surface area contributed by atoms with Crippen LogP contribution >= 0.6 is 0 Å². The van der Waals surface area contributed by atoms with Crippen molar-refractivity contribution in [2.24, 2.45) is 5.14 Å². The molecule has 0 aromatic heterocycles. The zero-order valence-electron chi connectivity index (χ0n) is 17.9. The van der Waals surface area contributed by atoms with Gasteiger partial charge >= 0.3 is 5.97 Å². The van der Waals surface area contributed by atoms with Crippen LogP contribution in [0.1, 0.15) is 47.8 Å². The fourth-order valence-electron chi connectivity index (χ4n) is 2.99. The van der Waals surface area contributed by atoms with Gasteiger partial charge in [-0.3, -0.25) is 4.79 Å². The van der Waals surface area contributed by atoms with E-state index in [1.54, 1.807) is 18.7 Å². The van der Waals surface area contributed by atoms with E-state index in [4.69, 9.17) is 9.88 Å². The van der Waals surface area contributed by atoms with E-state index in [2.05, 4.69) is 0 Å². The third-order valence-corrected chi connectivity index (χ3v) is 5.82. The van der Waals surface area contributed by atoms with Crippen molar-refractivity contribution in [3.8, 4) is 0 Å². The number of amides is 1. The van der Waals surface area contributed by atoms with Gasteiger partial charge in [-0.15, -0.1) is 0 Å². The number of nitrogens with zero attached hydrogens (tertiary/aromatic N) is 1. The second kappa shape index (κ2) is 8.97. The third-order valence-electron chi connectivity index (χ3n) is 4.78. The van der Waals surface area contributed by atoms with Gasteiger partial charge in [-0.1, -0.05) is 30.3 Å². The third kappa shape index (κ3) is 5.90. The van der Waals surface area contributed by atoms with Crippen LogP contribution in [0.4, 0.5) is 0 Å². The Kier molecular flexibility index (Phi) is 7.05. The van der Waals surface area contributed by atoms with Crippen LogP contribution in [0.2, 0.25) is 0 Å². The Hall–Kier alpha value is -2.71. The van der Waals surface area contributed by atoms with Gasteiger partial charge in [0.05, 0.1) is 10.5 Å². The Morgan fingerprint density at radius 2 is 1.67 bits per heavy atom. The molecule has 2 aromatic rings. The van der Waals surface area contributed by atoms with Crippen molar-refractivity contribution in [2.75, 3.05) is 6.61 Å². The van der Waals surface area contributed by atoms with E-state index in [0.29, 0.717) is 17.7 Å². The summed E-state index contributed by atoms with van der Waals surface area (Å²) in [5.74, 6) is -1.14. The molecule has 2 N–H and O–H groups in total. The highest BCUT2D eigenvalue weighted by atomic mass is 32.2. The number of ether oxygens (including phenoxy) is 1. The van der Waals surface area contributed by atoms with Crippen LogP contribution in [0.25, 0.3) is 0 Å². The highest BCUT2D eigenvalue weighted by Crippen LogP contribution is 2.21. The largest absolute Gasteiger partial charge is 0.452 e. The van der Waals surface area contributed by atoms with E-state index in [9.17, 15) is 18.0 Å². The Balaban J connectivity index is 2.18. The first-order chi connectivity index (χ1) is 13.8. The summed E-state index contributed by atoms with van der Waals surface area (Å²) in [6.07, 6.45) is 0. The molecule has 0 unspecified atom stereocenters. The van der Waals surface area contributed by atoms with Crippen LogP contribution in [0.3, 0.4) is 0 Å². The summed E-state index contributed by atoms with van der Waals surface area (Å²) < 4.78 is 28.8. The summed E-state index contributed by atoms with van der Waals surface area (Å²) in [7, 11) is -3.99. The number of benzene rings is 2. The van der Waals surface area contributed by atoms with Crippen LogP contribution in [-0.4, -0.2) is 37.3 Å². The maximum atomic E-state index is 12.8. The summed E-state index contributed by atoms with van der Waals surface area (Å²) >= 11 is 0. The number of hydrogen-bond donors (Lipinski definition) is 1. The Labute approximate surface area is 177 Å². The van der Waals surface area contributed by atoms with Crippen molar-refractivity contribution >= 4 is 21.9 Å². The summed E-state index contributed by atoms with van der Waals surface area (Å²) in [5, 5.41) is 5.24. The average molecular weight is 433 g/mol. The van der Waals surface area contributed by atoms with Crippen molar-refractivity contribution in [2.45, 2.75) is 51.6 Å². The monoisotopic (exact) mass is 432 g/mol. The molecule has 0 bridgehead atoms. The topological polar surface area (TPSA) is 107 Å². The first-order valence-electron chi connectivity index (χ1n) is 9.46. The molecule has 0 atom stereocenters. The fraction of sp³-hybridized carbons (Fsp3) is 0.364. The van der Waals surface area contributed by atoms with Crippen molar-refractivity contribution in [1.29, 1.82) is 0 Å². The van der Waals surface area contributed by atoms with E-state index in [1.165, 1.54) is 12.1 Å². The first kappa shape index (κ1) is 23.6. The van der Waals surface area contributed by atoms with E-state index < -0.39 is 28.1 Å². The molecule has 0 radical (unpaired) electrons. The van der Waals surface area contributed by atoms with Crippen molar-refractivity contribution in [1.82, 2.24) is 4.90 Å². The van der Waals surface area contributed by atoms with Gasteiger partial charge in [0.25, 0.3) is 5.91 Å². The molecule has 0 aliphatic rings. The fourth-order valence-corrected chi connectivity index (χ4v) is 3.87. The summed E-state index contributed by atoms with van der Waals surface area (Å²) in [6.45, 7) is 8.90. The molecule has 162 valence electrons. The predicted octanol–water partition coefficient (Wildman–Crippen LogP) is 2.93. The lowest BCUT2D eigenvalue weighted by molar-refractivity contribution is -0.140.